The molecule has 0 saturated heterocycles. The SMILES string of the molecule is CCc1cc2[nH]c(C(=O)/C(C=NCC(C)c3c(C)cc(Cc4cccc(F)c4F)cc3Cl)=C(/C)N)cc2cc1C. The number of halogens is 3. The van der Waals surface area contributed by atoms with E-state index in [1.807, 2.05) is 26.0 Å². The van der Waals surface area contributed by atoms with E-state index in [1.54, 1.807) is 19.1 Å². The summed E-state index contributed by atoms with van der Waals surface area (Å²) in [5.74, 6) is -1.98. The van der Waals surface area contributed by atoms with Crippen LogP contribution in [0.5, 0.6) is 0 Å². The van der Waals surface area contributed by atoms with E-state index in [4.69, 9.17) is 17.3 Å². The maximum atomic E-state index is 14.2. The maximum Gasteiger partial charge on any atom is 0.212 e. The molecule has 1 atom stereocenters. The molecule has 3 N–H and O–H groups in total. The third-order valence-corrected chi connectivity index (χ3v) is 7.60. The fraction of sp³-hybridized carbons (Fsp3) is 0.273. The Morgan fingerprint density at radius 3 is 2.52 bits per heavy atom. The molecular weight excluding hydrogens is 528 g/mol. The molecule has 0 aliphatic carbocycles. The largest absolute Gasteiger partial charge is 0.402 e. The van der Waals surface area contributed by atoms with Gasteiger partial charge >= 0.3 is 0 Å². The maximum absolute atomic E-state index is 14.2. The normalized spacial score (nSPS) is 13.2. The fourth-order valence-corrected chi connectivity index (χ4v) is 5.65. The van der Waals surface area contributed by atoms with Gasteiger partial charge in [0.15, 0.2) is 11.6 Å². The van der Waals surface area contributed by atoms with Crippen LogP contribution < -0.4 is 5.73 Å². The quantitative estimate of drug-likeness (QED) is 0.123. The molecule has 0 radical (unpaired) electrons. The molecule has 1 aromatic heterocycles. The van der Waals surface area contributed by atoms with Crippen LogP contribution in [0.1, 0.15) is 70.6 Å². The summed E-state index contributed by atoms with van der Waals surface area (Å²) in [6, 6.07) is 13.9. The first-order valence-corrected chi connectivity index (χ1v) is 13.7. The van der Waals surface area contributed by atoms with Crippen molar-refractivity contribution >= 4 is 34.5 Å². The van der Waals surface area contributed by atoms with Gasteiger partial charge in [0.2, 0.25) is 5.78 Å². The highest BCUT2D eigenvalue weighted by Crippen LogP contribution is 2.31. The van der Waals surface area contributed by atoms with Gasteiger partial charge in [0.05, 0.1) is 11.3 Å². The predicted octanol–water partition coefficient (Wildman–Crippen LogP) is 8.16. The second kappa shape index (κ2) is 12.2. The molecule has 1 unspecified atom stereocenters. The number of benzene rings is 3. The Morgan fingerprint density at radius 1 is 1.10 bits per heavy atom. The number of H-pyrrole nitrogens is 1. The van der Waals surface area contributed by atoms with Crippen molar-refractivity contribution in [1.82, 2.24) is 4.98 Å². The number of aromatic nitrogens is 1. The molecule has 4 rings (SSSR count). The summed E-state index contributed by atoms with van der Waals surface area (Å²) in [4.78, 5) is 21.1. The number of hydrogen-bond donors (Lipinski definition) is 2. The lowest BCUT2D eigenvalue weighted by molar-refractivity contribution is 0.103. The first-order chi connectivity index (χ1) is 19.0. The molecule has 3 aromatic carbocycles. The zero-order valence-corrected chi connectivity index (χ0v) is 24.2. The molecule has 0 spiro atoms. The lowest BCUT2D eigenvalue weighted by Gasteiger charge is -2.17. The zero-order valence-electron chi connectivity index (χ0n) is 23.5. The van der Waals surface area contributed by atoms with Gasteiger partial charge in [-0.25, -0.2) is 8.78 Å². The van der Waals surface area contributed by atoms with Crippen molar-refractivity contribution in [1.29, 1.82) is 0 Å². The molecule has 0 bridgehead atoms. The Hall–Kier alpha value is -3.77. The number of ketones is 1. The van der Waals surface area contributed by atoms with Crippen molar-refractivity contribution in [2.75, 3.05) is 6.54 Å². The van der Waals surface area contributed by atoms with E-state index in [1.165, 1.54) is 23.4 Å². The minimum absolute atomic E-state index is 0.0540. The van der Waals surface area contributed by atoms with Gasteiger partial charge in [0, 0.05) is 46.7 Å². The Morgan fingerprint density at radius 2 is 1.85 bits per heavy atom. The van der Waals surface area contributed by atoms with Gasteiger partial charge in [-0.15, -0.1) is 0 Å². The molecule has 7 heteroatoms. The van der Waals surface area contributed by atoms with E-state index >= 15 is 0 Å². The van der Waals surface area contributed by atoms with E-state index in [0.717, 1.165) is 40.1 Å². The van der Waals surface area contributed by atoms with Crippen molar-refractivity contribution in [3.63, 3.8) is 0 Å². The Kier molecular flexibility index (Phi) is 8.89. The number of nitrogens with two attached hydrogens (primary N) is 1. The summed E-state index contributed by atoms with van der Waals surface area (Å²) in [5.41, 5.74) is 13.5. The van der Waals surface area contributed by atoms with Crippen molar-refractivity contribution in [3.8, 4) is 0 Å². The average Bonchev–Trinajstić information content (AvgIpc) is 3.30. The second-order valence-electron chi connectivity index (χ2n) is 10.4. The van der Waals surface area contributed by atoms with E-state index < -0.39 is 11.6 Å². The van der Waals surface area contributed by atoms with Crippen LogP contribution >= 0.6 is 11.6 Å². The molecular formula is C33H34ClF2N3O. The number of carbonyl (C=O) groups excluding carboxylic acids is 1. The molecule has 1 heterocycles. The minimum atomic E-state index is -0.867. The molecule has 4 nitrogen and oxygen atoms in total. The molecule has 40 heavy (non-hydrogen) atoms. The average molecular weight is 562 g/mol. The fourth-order valence-electron chi connectivity index (χ4n) is 5.18. The van der Waals surface area contributed by atoms with Crippen LogP contribution in [0.15, 0.2) is 64.8 Å². The van der Waals surface area contributed by atoms with Crippen molar-refractivity contribution in [2.24, 2.45) is 10.7 Å². The number of aryl methyl sites for hydroxylation is 3. The highest BCUT2D eigenvalue weighted by Gasteiger charge is 2.18. The van der Waals surface area contributed by atoms with Crippen LogP contribution in [0.4, 0.5) is 8.78 Å². The van der Waals surface area contributed by atoms with Gasteiger partial charge in [0.25, 0.3) is 0 Å². The third-order valence-electron chi connectivity index (χ3n) is 7.29. The summed E-state index contributed by atoms with van der Waals surface area (Å²) in [5, 5.41) is 1.52. The number of hydrogen-bond acceptors (Lipinski definition) is 3. The predicted molar refractivity (Wildman–Crippen MR) is 161 cm³/mol. The van der Waals surface area contributed by atoms with Gasteiger partial charge < -0.3 is 10.7 Å². The van der Waals surface area contributed by atoms with Crippen LogP contribution in [0.3, 0.4) is 0 Å². The topological polar surface area (TPSA) is 71.2 Å². The summed E-state index contributed by atoms with van der Waals surface area (Å²) in [6.07, 6.45) is 2.68. The van der Waals surface area contributed by atoms with Gasteiger partial charge in [-0.1, -0.05) is 43.6 Å². The van der Waals surface area contributed by atoms with Crippen LogP contribution in [0.25, 0.3) is 10.9 Å². The van der Waals surface area contributed by atoms with E-state index in [9.17, 15) is 13.6 Å². The zero-order chi connectivity index (χ0) is 29.1. The number of rotatable bonds is 9. The lowest BCUT2D eigenvalue weighted by atomic mass is 9.93. The first kappa shape index (κ1) is 29.2. The monoisotopic (exact) mass is 561 g/mol. The highest BCUT2D eigenvalue weighted by atomic mass is 35.5. The smallest absolute Gasteiger partial charge is 0.212 e. The van der Waals surface area contributed by atoms with Gasteiger partial charge in [-0.3, -0.25) is 9.79 Å². The summed E-state index contributed by atoms with van der Waals surface area (Å²) < 4.78 is 27.8. The number of fused-ring (bicyclic) bond motifs is 1. The Labute approximate surface area is 239 Å². The molecule has 0 aliphatic heterocycles. The molecule has 0 aliphatic rings. The van der Waals surface area contributed by atoms with Gasteiger partial charge in [-0.2, -0.15) is 0 Å². The van der Waals surface area contributed by atoms with Crippen LogP contribution in [-0.2, 0) is 12.8 Å². The molecule has 0 fully saturated rings. The Bertz CT molecular complexity index is 1620. The number of carbonyl (C=O) groups is 1. The molecule has 0 saturated carbocycles. The van der Waals surface area contributed by atoms with Crippen LogP contribution in [-0.4, -0.2) is 23.5 Å². The van der Waals surface area contributed by atoms with Crippen molar-refractivity contribution < 1.29 is 13.6 Å². The summed E-state index contributed by atoms with van der Waals surface area (Å²) >= 11 is 6.65. The van der Waals surface area contributed by atoms with E-state index in [0.29, 0.717) is 28.5 Å². The van der Waals surface area contributed by atoms with Gasteiger partial charge in [0.1, 0.15) is 0 Å². The third kappa shape index (κ3) is 6.18. The second-order valence-corrected chi connectivity index (χ2v) is 10.8. The number of aromatic amines is 1. The number of allylic oxidation sites excluding steroid dienone is 2. The van der Waals surface area contributed by atoms with E-state index in [2.05, 4.69) is 36.0 Å². The summed E-state index contributed by atoms with van der Waals surface area (Å²) in [7, 11) is 0. The molecule has 208 valence electrons. The highest BCUT2D eigenvalue weighted by molar-refractivity contribution is 6.31. The number of nitrogens with one attached hydrogen (secondary N) is 1. The van der Waals surface area contributed by atoms with Crippen molar-refractivity contribution in [2.45, 2.75) is 53.4 Å². The van der Waals surface area contributed by atoms with Crippen molar-refractivity contribution in [3.05, 3.63) is 116 Å². The summed E-state index contributed by atoms with van der Waals surface area (Å²) in [6.45, 7) is 10.2. The van der Waals surface area contributed by atoms with E-state index in [-0.39, 0.29) is 23.7 Å². The standard InChI is InChI=1S/C33H34ClF2N3O/c1-6-23-14-29-25(11-18(23)2)15-30(39-29)33(40)26(21(5)37)17-38-16-20(4)31-19(3)10-22(13-27(31)34)12-24-8-7-9-28(35)32(24)36/h7-11,13-15,17,20,39H,6,12,16,37H2,1-5H3/b26-21-,38-17?. The number of nitrogens with zero attached hydrogens (tertiary/aromatic N) is 1. The number of Topliss-reactive ketones (excluding diaryl/α,β-unsaturated/α-hetero) is 1. The Balaban J connectivity index is 1.50. The molecule has 0 amide bonds. The lowest BCUT2D eigenvalue weighted by Crippen LogP contribution is -2.12. The van der Waals surface area contributed by atoms with Gasteiger partial charge in [-0.05, 0) is 90.9 Å². The molecule has 4 aromatic rings. The van der Waals surface area contributed by atoms with Crippen LogP contribution in [0.2, 0.25) is 5.02 Å². The first-order valence-electron chi connectivity index (χ1n) is 13.3. The number of aliphatic imine (C=N–C) groups is 1. The minimum Gasteiger partial charge on any atom is -0.402 e. The van der Waals surface area contributed by atoms with Crippen LogP contribution in [0, 0.1) is 25.5 Å².